The Morgan fingerprint density at radius 2 is 2.15 bits per heavy atom. The van der Waals surface area contributed by atoms with Crippen molar-refractivity contribution in [2.24, 2.45) is 0 Å². The van der Waals surface area contributed by atoms with Crippen molar-refractivity contribution < 1.29 is 14.3 Å². The Morgan fingerprint density at radius 3 is 2.90 bits per heavy atom. The number of nitrogens with zero attached hydrogens (tertiary/aromatic N) is 3. The van der Waals surface area contributed by atoms with Gasteiger partial charge < -0.3 is 10.0 Å². The Hall–Kier alpha value is -2.50. The molecule has 0 aliphatic carbocycles. The molecule has 0 unspecified atom stereocenters. The molecule has 0 saturated carbocycles. The van der Waals surface area contributed by atoms with Crippen LogP contribution in [0.5, 0.6) is 0 Å². The van der Waals surface area contributed by atoms with Crippen LogP contribution in [-0.2, 0) is 6.42 Å². The molecular formula is C14H12FN3O2. The summed E-state index contributed by atoms with van der Waals surface area (Å²) < 4.78 is 13.4. The van der Waals surface area contributed by atoms with Crippen molar-refractivity contribution in [2.45, 2.75) is 13.3 Å². The lowest BCUT2D eigenvalue weighted by Crippen LogP contribution is -2.18. The number of aromatic nitrogens is 2. The number of aromatic carboxylic acids is 1. The predicted molar refractivity (Wildman–Crippen MR) is 70.8 cm³/mol. The molecule has 2 aromatic rings. The van der Waals surface area contributed by atoms with E-state index in [1.54, 1.807) is 17.9 Å². The van der Waals surface area contributed by atoms with Crippen molar-refractivity contribution in [3.63, 3.8) is 0 Å². The first-order valence-corrected chi connectivity index (χ1v) is 6.19. The van der Waals surface area contributed by atoms with Gasteiger partial charge in [0.2, 0.25) is 5.95 Å². The summed E-state index contributed by atoms with van der Waals surface area (Å²) >= 11 is 0. The van der Waals surface area contributed by atoms with E-state index in [2.05, 4.69) is 9.97 Å². The standard InChI is InChI=1S/C14H12FN3O2/c1-8-6-11(13(19)20)17-14(16-8)18-5-4-9-2-3-10(15)7-12(9)18/h2-3,6-7H,4-5H2,1H3,(H,19,20). The minimum absolute atomic E-state index is 0.0580. The van der Waals surface area contributed by atoms with E-state index < -0.39 is 5.97 Å². The zero-order valence-electron chi connectivity index (χ0n) is 10.8. The number of hydrogen-bond acceptors (Lipinski definition) is 4. The van der Waals surface area contributed by atoms with Crippen molar-refractivity contribution >= 4 is 17.6 Å². The van der Waals surface area contributed by atoms with Gasteiger partial charge >= 0.3 is 5.97 Å². The predicted octanol–water partition coefficient (Wildman–Crippen LogP) is 2.32. The second kappa shape index (κ2) is 4.56. The van der Waals surface area contributed by atoms with E-state index in [0.717, 1.165) is 12.0 Å². The van der Waals surface area contributed by atoms with Crippen molar-refractivity contribution in [3.05, 3.63) is 47.0 Å². The Balaban J connectivity index is 2.08. The molecule has 0 spiro atoms. The molecule has 6 heteroatoms. The summed E-state index contributed by atoms with van der Waals surface area (Å²) in [6.07, 6.45) is 0.759. The van der Waals surface area contributed by atoms with Crippen LogP contribution in [-0.4, -0.2) is 27.6 Å². The summed E-state index contributed by atoms with van der Waals surface area (Å²) in [7, 11) is 0. The van der Waals surface area contributed by atoms with Crippen LogP contribution in [0.2, 0.25) is 0 Å². The van der Waals surface area contributed by atoms with E-state index in [1.807, 2.05) is 0 Å². The van der Waals surface area contributed by atoms with E-state index >= 15 is 0 Å². The molecular weight excluding hydrogens is 261 g/mol. The Bertz CT molecular complexity index is 703. The summed E-state index contributed by atoms with van der Waals surface area (Å²) in [5.41, 5.74) is 2.22. The van der Waals surface area contributed by atoms with Gasteiger partial charge in [-0.3, -0.25) is 0 Å². The number of rotatable bonds is 2. The maximum absolute atomic E-state index is 13.4. The van der Waals surface area contributed by atoms with Gasteiger partial charge in [-0.1, -0.05) is 6.07 Å². The molecule has 1 aromatic carbocycles. The highest BCUT2D eigenvalue weighted by Crippen LogP contribution is 2.33. The molecule has 2 heterocycles. The van der Waals surface area contributed by atoms with Gasteiger partial charge in [0.05, 0.1) is 5.69 Å². The van der Waals surface area contributed by atoms with Crippen LogP contribution in [0.3, 0.4) is 0 Å². The average molecular weight is 273 g/mol. The van der Waals surface area contributed by atoms with Crippen molar-refractivity contribution in [3.8, 4) is 0 Å². The van der Waals surface area contributed by atoms with Crippen LogP contribution < -0.4 is 4.90 Å². The van der Waals surface area contributed by atoms with E-state index in [1.165, 1.54) is 18.2 Å². The van der Waals surface area contributed by atoms with Crippen LogP contribution >= 0.6 is 0 Å². The lowest BCUT2D eigenvalue weighted by molar-refractivity contribution is 0.0690. The lowest BCUT2D eigenvalue weighted by atomic mass is 10.2. The maximum atomic E-state index is 13.4. The Kier molecular flexibility index (Phi) is 2.85. The molecule has 102 valence electrons. The molecule has 0 atom stereocenters. The third-order valence-corrected chi connectivity index (χ3v) is 3.25. The molecule has 1 aromatic heterocycles. The number of fused-ring (bicyclic) bond motifs is 1. The van der Waals surface area contributed by atoms with Gasteiger partial charge in [-0.2, -0.15) is 0 Å². The smallest absolute Gasteiger partial charge is 0.354 e. The third-order valence-electron chi connectivity index (χ3n) is 3.25. The zero-order valence-corrected chi connectivity index (χ0v) is 10.8. The highest BCUT2D eigenvalue weighted by atomic mass is 19.1. The number of hydrogen-bond donors (Lipinski definition) is 1. The highest BCUT2D eigenvalue weighted by molar-refractivity contribution is 5.86. The average Bonchev–Trinajstić information content (AvgIpc) is 2.80. The first kappa shape index (κ1) is 12.5. The fourth-order valence-electron chi connectivity index (χ4n) is 2.34. The van der Waals surface area contributed by atoms with Crippen molar-refractivity contribution in [1.82, 2.24) is 9.97 Å². The summed E-state index contributed by atoms with van der Waals surface area (Å²) in [5.74, 6) is -1.14. The van der Waals surface area contributed by atoms with Gasteiger partial charge in [0.15, 0.2) is 5.69 Å². The minimum Gasteiger partial charge on any atom is -0.477 e. The lowest BCUT2D eigenvalue weighted by Gasteiger charge is -2.17. The molecule has 3 rings (SSSR count). The van der Waals surface area contributed by atoms with Gasteiger partial charge in [0.25, 0.3) is 0 Å². The molecule has 0 fully saturated rings. The zero-order chi connectivity index (χ0) is 14.3. The first-order valence-electron chi connectivity index (χ1n) is 6.19. The summed E-state index contributed by atoms with van der Waals surface area (Å²) in [6, 6.07) is 5.99. The molecule has 1 aliphatic rings. The Morgan fingerprint density at radius 1 is 1.35 bits per heavy atom. The summed E-state index contributed by atoms with van der Waals surface area (Å²) in [6.45, 7) is 2.32. The van der Waals surface area contributed by atoms with Gasteiger partial charge in [0.1, 0.15) is 5.82 Å². The largest absolute Gasteiger partial charge is 0.477 e. The normalized spacial score (nSPS) is 13.4. The number of anilines is 2. The summed E-state index contributed by atoms with van der Waals surface area (Å²) in [4.78, 5) is 21.1. The second-order valence-corrected chi connectivity index (χ2v) is 4.67. The molecule has 20 heavy (non-hydrogen) atoms. The fraction of sp³-hybridized carbons (Fsp3) is 0.214. The molecule has 1 N–H and O–H groups in total. The molecule has 5 nitrogen and oxygen atoms in total. The SMILES string of the molecule is Cc1cc(C(=O)O)nc(N2CCc3ccc(F)cc32)n1. The monoisotopic (exact) mass is 273 g/mol. The van der Waals surface area contributed by atoms with Crippen LogP contribution in [0.1, 0.15) is 21.7 Å². The first-order chi connectivity index (χ1) is 9.54. The van der Waals surface area contributed by atoms with E-state index in [4.69, 9.17) is 5.11 Å². The fourth-order valence-corrected chi connectivity index (χ4v) is 2.34. The van der Waals surface area contributed by atoms with Crippen LogP contribution in [0.15, 0.2) is 24.3 Å². The summed E-state index contributed by atoms with van der Waals surface area (Å²) in [5, 5.41) is 9.05. The number of halogens is 1. The highest BCUT2D eigenvalue weighted by Gasteiger charge is 2.24. The number of benzene rings is 1. The molecule has 0 saturated heterocycles. The van der Waals surface area contributed by atoms with Gasteiger partial charge in [-0.15, -0.1) is 0 Å². The van der Waals surface area contributed by atoms with Crippen LogP contribution in [0, 0.1) is 12.7 Å². The minimum atomic E-state index is -1.10. The van der Waals surface area contributed by atoms with Crippen LogP contribution in [0.4, 0.5) is 16.0 Å². The quantitative estimate of drug-likeness (QED) is 0.909. The van der Waals surface area contributed by atoms with Gasteiger partial charge in [-0.05, 0) is 37.1 Å². The number of carbonyl (C=O) groups is 1. The topological polar surface area (TPSA) is 66.3 Å². The van der Waals surface area contributed by atoms with E-state index in [-0.39, 0.29) is 11.5 Å². The van der Waals surface area contributed by atoms with Crippen molar-refractivity contribution in [2.75, 3.05) is 11.4 Å². The maximum Gasteiger partial charge on any atom is 0.354 e. The second-order valence-electron chi connectivity index (χ2n) is 4.67. The Labute approximate surface area is 114 Å². The molecule has 1 aliphatic heterocycles. The van der Waals surface area contributed by atoms with Crippen molar-refractivity contribution in [1.29, 1.82) is 0 Å². The third kappa shape index (κ3) is 2.09. The molecule has 0 radical (unpaired) electrons. The number of carboxylic acid groups (broad SMARTS) is 1. The number of carboxylic acids is 1. The number of aryl methyl sites for hydroxylation is 1. The van der Waals surface area contributed by atoms with Gasteiger partial charge in [0, 0.05) is 12.2 Å². The van der Waals surface area contributed by atoms with Gasteiger partial charge in [-0.25, -0.2) is 19.2 Å². The van der Waals surface area contributed by atoms with Crippen LogP contribution in [0.25, 0.3) is 0 Å². The molecule has 0 bridgehead atoms. The van der Waals surface area contributed by atoms with E-state index in [9.17, 15) is 9.18 Å². The molecule has 0 amide bonds. The van der Waals surface area contributed by atoms with E-state index in [0.29, 0.717) is 23.9 Å².